The summed E-state index contributed by atoms with van der Waals surface area (Å²) in [6, 6.07) is 7.01. The number of aromatic nitrogens is 3. The molecule has 0 unspecified atom stereocenters. The lowest BCUT2D eigenvalue weighted by Crippen LogP contribution is -2.14. The minimum absolute atomic E-state index is 0.0377. The third-order valence-electron chi connectivity index (χ3n) is 2.58. The zero-order chi connectivity index (χ0) is 14.0. The molecule has 2 heterocycles. The first-order valence-corrected chi connectivity index (χ1v) is 6.65. The van der Waals surface area contributed by atoms with Gasteiger partial charge in [-0.15, -0.1) is 0 Å². The summed E-state index contributed by atoms with van der Waals surface area (Å²) in [5.41, 5.74) is 1.27. The molecule has 0 bridgehead atoms. The molecule has 6 heteroatoms. The number of nitrogens with zero attached hydrogens (tertiary/aromatic N) is 2. The molecule has 0 radical (unpaired) electrons. The van der Waals surface area contributed by atoms with E-state index >= 15 is 0 Å². The summed E-state index contributed by atoms with van der Waals surface area (Å²) >= 11 is 3.23. The Kier molecular flexibility index (Phi) is 3.71. The highest BCUT2D eigenvalue weighted by Gasteiger charge is 2.18. The van der Waals surface area contributed by atoms with Crippen molar-refractivity contribution in [1.29, 1.82) is 0 Å². The summed E-state index contributed by atoms with van der Waals surface area (Å²) in [6.45, 7) is 6.21. The van der Waals surface area contributed by atoms with E-state index in [1.807, 2.05) is 6.07 Å². The molecule has 0 aliphatic carbocycles. The van der Waals surface area contributed by atoms with Gasteiger partial charge >= 0.3 is 0 Å². The lowest BCUT2D eigenvalue weighted by molar-refractivity contribution is 0.102. The van der Waals surface area contributed by atoms with Gasteiger partial charge in [-0.05, 0) is 28.1 Å². The fourth-order valence-electron chi connectivity index (χ4n) is 1.49. The summed E-state index contributed by atoms with van der Waals surface area (Å²) in [5, 5.41) is 9.71. The van der Waals surface area contributed by atoms with Crippen molar-refractivity contribution in [3.05, 3.63) is 40.3 Å². The van der Waals surface area contributed by atoms with E-state index in [2.05, 4.69) is 57.2 Å². The van der Waals surface area contributed by atoms with E-state index in [0.717, 1.165) is 5.69 Å². The van der Waals surface area contributed by atoms with E-state index in [-0.39, 0.29) is 11.3 Å². The molecule has 2 rings (SSSR count). The number of nitrogens with one attached hydrogen (secondary N) is 2. The molecule has 2 N–H and O–H groups in total. The van der Waals surface area contributed by atoms with Crippen molar-refractivity contribution in [1.82, 2.24) is 15.2 Å². The van der Waals surface area contributed by atoms with Gasteiger partial charge in [0.05, 0.1) is 0 Å². The van der Waals surface area contributed by atoms with Gasteiger partial charge in [0.15, 0.2) is 5.82 Å². The molecule has 1 amide bonds. The van der Waals surface area contributed by atoms with Crippen molar-refractivity contribution in [2.24, 2.45) is 0 Å². The van der Waals surface area contributed by atoms with E-state index in [4.69, 9.17) is 0 Å². The van der Waals surface area contributed by atoms with Gasteiger partial charge in [0.25, 0.3) is 5.91 Å². The molecule has 2 aromatic heterocycles. The number of halogens is 1. The van der Waals surface area contributed by atoms with Crippen LogP contribution in [0.4, 0.5) is 5.82 Å². The smallest absolute Gasteiger partial charge is 0.275 e. The van der Waals surface area contributed by atoms with E-state index in [1.165, 1.54) is 0 Å². The first kappa shape index (κ1) is 13.7. The maximum absolute atomic E-state index is 12.0. The maximum Gasteiger partial charge on any atom is 0.275 e. The van der Waals surface area contributed by atoms with Crippen LogP contribution in [0.1, 0.15) is 37.0 Å². The van der Waals surface area contributed by atoms with Crippen molar-refractivity contribution in [3.63, 3.8) is 0 Å². The third-order valence-corrected chi connectivity index (χ3v) is 3.02. The second-order valence-corrected chi connectivity index (χ2v) is 6.03. The number of hydrogen-bond donors (Lipinski definition) is 2. The molecule has 0 saturated carbocycles. The molecule has 0 fully saturated rings. The number of carbonyl (C=O) groups is 1. The maximum atomic E-state index is 12.0. The van der Waals surface area contributed by atoms with E-state index in [1.54, 1.807) is 18.2 Å². The van der Waals surface area contributed by atoms with E-state index in [0.29, 0.717) is 16.1 Å². The van der Waals surface area contributed by atoms with Crippen molar-refractivity contribution in [2.75, 3.05) is 5.32 Å². The number of rotatable bonds is 2. The Balaban J connectivity index is 2.13. The Morgan fingerprint density at radius 1 is 1.37 bits per heavy atom. The summed E-state index contributed by atoms with van der Waals surface area (Å²) in [6.07, 6.45) is 0. The molecule has 0 aliphatic rings. The Morgan fingerprint density at radius 3 is 2.68 bits per heavy atom. The van der Waals surface area contributed by atoms with Gasteiger partial charge in [-0.25, -0.2) is 4.98 Å². The molecule has 5 nitrogen and oxygen atoms in total. The molecule has 2 aromatic rings. The number of carbonyl (C=O) groups excluding carboxylic acids is 1. The van der Waals surface area contributed by atoms with Crippen molar-refractivity contribution in [2.45, 2.75) is 26.2 Å². The predicted octanol–water partition coefficient (Wildman–Crippen LogP) is 3.12. The number of hydrogen-bond acceptors (Lipinski definition) is 3. The zero-order valence-electron chi connectivity index (χ0n) is 11.0. The van der Waals surface area contributed by atoms with Crippen LogP contribution in [-0.2, 0) is 5.41 Å². The average molecular weight is 323 g/mol. The highest BCUT2D eigenvalue weighted by atomic mass is 79.9. The van der Waals surface area contributed by atoms with Crippen LogP contribution in [0.25, 0.3) is 0 Å². The van der Waals surface area contributed by atoms with Crippen molar-refractivity contribution in [3.8, 4) is 0 Å². The standard InChI is InChI=1S/C13H15BrN4O/c1-13(2,3)9-7-11(18-17-9)16-12(19)8-5-4-6-10(14)15-8/h4-7H,1-3H3,(H2,16,17,18,19). The SMILES string of the molecule is CC(C)(C)c1cc(NC(=O)c2cccc(Br)n2)n[nH]1. The van der Waals surface area contributed by atoms with Crippen LogP contribution in [0.3, 0.4) is 0 Å². The van der Waals surface area contributed by atoms with Crippen LogP contribution in [0.5, 0.6) is 0 Å². The van der Waals surface area contributed by atoms with Crippen LogP contribution in [-0.4, -0.2) is 21.1 Å². The summed E-state index contributed by atoms with van der Waals surface area (Å²) < 4.78 is 0.623. The second-order valence-electron chi connectivity index (χ2n) is 5.22. The van der Waals surface area contributed by atoms with Gasteiger partial charge < -0.3 is 5.32 Å². The van der Waals surface area contributed by atoms with Crippen molar-refractivity contribution < 1.29 is 4.79 Å². The molecular formula is C13H15BrN4O. The Morgan fingerprint density at radius 2 is 2.11 bits per heavy atom. The highest BCUT2D eigenvalue weighted by molar-refractivity contribution is 9.10. The number of anilines is 1. The monoisotopic (exact) mass is 322 g/mol. The quantitative estimate of drug-likeness (QED) is 0.834. The summed E-state index contributed by atoms with van der Waals surface area (Å²) in [5.74, 6) is 0.213. The van der Waals surface area contributed by atoms with Crippen LogP contribution in [0.2, 0.25) is 0 Å². The normalized spacial score (nSPS) is 11.4. The van der Waals surface area contributed by atoms with Gasteiger partial charge in [-0.2, -0.15) is 5.10 Å². The summed E-state index contributed by atoms with van der Waals surface area (Å²) in [4.78, 5) is 16.1. The second kappa shape index (κ2) is 5.13. The zero-order valence-corrected chi connectivity index (χ0v) is 12.6. The minimum Gasteiger partial charge on any atom is -0.304 e. The first-order chi connectivity index (χ1) is 8.86. The van der Waals surface area contributed by atoms with Crippen LogP contribution in [0, 0.1) is 0 Å². The van der Waals surface area contributed by atoms with Gasteiger partial charge in [0.1, 0.15) is 10.3 Å². The van der Waals surface area contributed by atoms with Gasteiger partial charge in [-0.3, -0.25) is 9.89 Å². The molecule has 100 valence electrons. The number of H-pyrrole nitrogens is 1. The van der Waals surface area contributed by atoms with Crippen LogP contribution >= 0.6 is 15.9 Å². The molecular weight excluding hydrogens is 308 g/mol. The third kappa shape index (κ3) is 3.41. The van der Waals surface area contributed by atoms with Crippen LogP contribution < -0.4 is 5.32 Å². The van der Waals surface area contributed by atoms with E-state index in [9.17, 15) is 4.79 Å². The lowest BCUT2D eigenvalue weighted by Gasteiger charge is -2.14. The first-order valence-electron chi connectivity index (χ1n) is 5.86. The molecule has 19 heavy (non-hydrogen) atoms. The lowest BCUT2D eigenvalue weighted by atomic mass is 9.92. The number of aromatic amines is 1. The van der Waals surface area contributed by atoms with Crippen molar-refractivity contribution >= 4 is 27.7 Å². The predicted molar refractivity (Wildman–Crippen MR) is 77.2 cm³/mol. The fourth-order valence-corrected chi connectivity index (χ4v) is 1.83. The molecule has 0 atom stereocenters. The Labute approximate surface area is 120 Å². The highest BCUT2D eigenvalue weighted by Crippen LogP contribution is 2.22. The molecule has 0 spiro atoms. The van der Waals surface area contributed by atoms with E-state index < -0.39 is 0 Å². The fraction of sp³-hybridized carbons (Fsp3) is 0.308. The van der Waals surface area contributed by atoms with Crippen LogP contribution in [0.15, 0.2) is 28.9 Å². The summed E-state index contributed by atoms with van der Waals surface area (Å²) in [7, 11) is 0. The Hall–Kier alpha value is -1.69. The topological polar surface area (TPSA) is 70.7 Å². The molecule has 0 aliphatic heterocycles. The minimum atomic E-state index is -0.284. The molecule has 0 saturated heterocycles. The van der Waals surface area contributed by atoms with Gasteiger partial charge in [0, 0.05) is 17.2 Å². The molecule has 0 aromatic carbocycles. The van der Waals surface area contributed by atoms with Gasteiger partial charge in [-0.1, -0.05) is 26.8 Å². The largest absolute Gasteiger partial charge is 0.304 e. The Bertz CT molecular complexity index is 601. The average Bonchev–Trinajstić information content (AvgIpc) is 2.77. The number of amides is 1. The number of pyridine rings is 1. The van der Waals surface area contributed by atoms with Gasteiger partial charge in [0.2, 0.25) is 0 Å².